The van der Waals surface area contributed by atoms with Crippen molar-refractivity contribution in [3.8, 4) is 0 Å². The maximum atomic E-state index is 3.92. The quantitative estimate of drug-likeness (QED) is 0.611. The lowest BCUT2D eigenvalue weighted by Gasteiger charge is -2.08. The van der Waals surface area contributed by atoms with Gasteiger partial charge in [0.2, 0.25) is 0 Å². The molecule has 5 rings (SSSR count). The predicted molar refractivity (Wildman–Crippen MR) is 101 cm³/mol. The van der Waals surface area contributed by atoms with E-state index in [4.69, 9.17) is 0 Å². The first kappa shape index (κ1) is 12.9. The monoisotopic (exact) mass is 294 g/mol. The molecule has 3 aromatic rings. The molecule has 110 valence electrons. The van der Waals surface area contributed by atoms with Gasteiger partial charge in [-0.1, -0.05) is 37.5 Å². The SMILES string of the molecule is C=Cc1cc2cc3cc4c(cc3cc2cc1C=C)=CC1CC1C=4. The van der Waals surface area contributed by atoms with Crippen LogP contribution in [-0.4, -0.2) is 0 Å². The average Bonchev–Trinajstić information content (AvgIpc) is 3.32. The van der Waals surface area contributed by atoms with Gasteiger partial charge in [-0.2, -0.15) is 0 Å². The molecule has 2 aliphatic carbocycles. The first-order valence-corrected chi connectivity index (χ1v) is 8.25. The summed E-state index contributed by atoms with van der Waals surface area (Å²) in [6, 6.07) is 13.7. The Labute approximate surface area is 135 Å². The number of hydrogen-bond donors (Lipinski definition) is 0. The van der Waals surface area contributed by atoms with E-state index in [2.05, 4.69) is 61.7 Å². The van der Waals surface area contributed by atoms with E-state index in [0.717, 1.165) is 23.0 Å². The molecule has 2 unspecified atom stereocenters. The molecule has 0 saturated heterocycles. The lowest BCUT2D eigenvalue weighted by Crippen LogP contribution is -2.26. The molecule has 23 heavy (non-hydrogen) atoms. The number of rotatable bonds is 2. The van der Waals surface area contributed by atoms with Gasteiger partial charge in [0.15, 0.2) is 0 Å². The normalized spacial score (nSPS) is 21.0. The molecule has 0 nitrogen and oxygen atoms in total. The van der Waals surface area contributed by atoms with Gasteiger partial charge in [-0.05, 0) is 97.8 Å². The largest absolute Gasteiger partial charge is 0.0984 e. The Kier molecular flexibility index (Phi) is 2.50. The van der Waals surface area contributed by atoms with Gasteiger partial charge in [0.1, 0.15) is 0 Å². The third-order valence-electron chi connectivity index (χ3n) is 5.32. The van der Waals surface area contributed by atoms with E-state index >= 15 is 0 Å². The highest BCUT2D eigenvalue weighted by Crippen LogP contribution is 2.42. The van der Waals surface area contributed by atoms with Crippen LogP contribution in [0.4, 0.5) is 0 Å². The summed E-state index contributed by atoms with van der Waals surface area (Å²) < 4.78 is 0. The molecule has 1 saturated carbocycles. The van der Waals surface area contributed by atoms with Crippen LogP contribution in [0.5, 0.6) is 0 Å². The van der Waals surface area contributed by atoms with E-state index in [9.17, 15) is 0 Å². The van der Waals surface area contributed by atoms with E-state index in [0.29, 0.717) is 0 Å². The Morgan fingerprint density at radius 1 is 0.652 bits per heavy atom. The van der Waals surface area contributed by atoms with Gasteiger partial charge in [0, 0.05) is 0 Å². The molecule has 0 aliphatic heterocycles. The van der Waals surface area contributed by atoms with Gasteiger partial charge in [-0.15, -0.1) is 0 Å². The Morgan fingerprint density at radius 3 is 1.52 bits per heavy atom. The standard InChI is InChI=1S/C23H18/c1-3-14-5-16-7-18-9-20-11-22-13-23(22)12-21(20)10-19(18)8-17(16)6-15(14)4-2/h3-12,22-23H,1-2,13H2. The van der Waals surface area contributed by atoms with Crippen molar-refractivity contribution in [2.75, 3.05) is 0 Å². The molecule has 0 amide bonds. The third kappa shape index (κ3) is 1.91. The Morgan fingerprint density at radius 2 is 1.09 bits per heavy atom. The highest BCUT2D eigenvalue weighted by atomic mass is 14.4. The maximum Gasteiger partial charge on any atom is -0.0155 e. The zero-order valence-electron chi connectivity index (χ0n) is 13.0. The van der Waals surface area contributed by atoms with Crippen molar-refractivity contribution in [2.24, 2.45) is 11.8 Å². The Bertz CT molecular complexity index is 1040. The van der Waals surface area contributed by atoms with Gasteiger partial charge >= 0.3 is 0 Å². The van der Waals surface area contributed by atoms with Crippen LogP contribution in [0.25, 0.3) is 45.8 Å². The topological polar surface area (TPSA) is 0 Å². The van der Waals surface area contributed by atoms with Crippen molar-refractivity contribution in [2.45, 2.75) is 6.42 Å². The van der Waals surface area contributed by atoms with Crippen LogP contribution in [0.15, 0.2) is 49.6 Å². The van der Waals surface area contributed by atoms with E-state index in [-0.39, 0.29) is 0 Å². The van der Waals surface area contributed by atoms with Gasteiger partial charge < -0.3 is 0 Å². The summed E-state index contributed by atoms with van der Waals surface area (Å²) in [5.41, 5.74) is 2.29. The fourth-order valence-electron chi connectivity index (χ4n) is 3.89. The van der Waals surface area contributed by atoms with Crippen molar-refractivity contribution in [3.63, 3.8) is 0 Å². The minimum Gasteiger partial charge on any atom is -0.0984 e. The molecular formula is C23H18. The zero-order valence-corrected chi connectivity index (χ0v) is 13.0. The van der Waals surface area contributed by atoms with Crippen molar-refractivity contribution in [3.05, 3.63) is 71.1 Å². The molecule has 0 aromatic heterocycles. The maximum absolute atomic E-state index is 3.92. The van der Waals surface area contributed by atoms with Crippen LogP contribution in [0.3, 0.4) is 0 Å². The van der Waals surface area contributed by atoms with Crippen LogP contribution >= 0.6 is 0 Å². The summed E-state index contributed by atoms with van der Waals surface area (Å²) in [4.78, 5) is 0. The first-order valence-electron chi connectivity index (χ1n) is 8.25. The predicted octanol–water partition coefficient (Wildman–Crippen LogP) is 4.49. The summed E-state index contributed by atoms with van der Waals surface area (Å²) in [5, 5.41) is 7.98. The Hall–Kier alpha value is -2.60. The fourth-order valence-corrected chi connectivity index (χ4v) is 3.89. The second kappa shape index (κ2) is 4.45. The molecule has 1 fully saturated rings. The smallest absolute Gasteiger partial charge is 0.0155 e. The third-order valence-corrected chi connectivity index (χ3v) is 5.32. The summed E-state index contributed by atoms with van der Waals surface area (Å²) >= 11 is 0. The van der Waals surface area contributed by atoms with Crippen LogP contribution in [0.1, 0.15) is 17.5 Å². The van der Waals surface area contributed by atoms with Gasteiger partial charge in [0.25, 0.3) is 0 Å². The molecule has 0 heterocycles. The van der Waals surface area contributed by atoms with Gasteiger partial charge in [-0.3, -0.25) is 0 Å². The first-order chi connectivity index (χ1) is 11.2. The molecule has 0 spiro atoms. The molecule has 0 heteroatoms. The van der Waals surface area contributed by atoms with E-state index in [1.54, 1.807) is 0 Å². The lowest BCUT2D eigenvalue weighted by molar-refractivity contribution is 1.06. The second-order valence-electron chi connectivity index (χ2n) is 6.81. The van der Waals surface area contributed by atoms with Crippen LogP contribution in [-0.2, 0) is 0 Å². The van der Waals surface area contributed by atoms with Crippen molar-refractivity contribution in [1.29, 1.82) is 0 Å². The summed E-state index contributed by atoms with van der Waals surface area (Å²) in [6.07, 6.45) is 10.1. The highest BCUT2D eigenvalue weighted by molar-refractivity contribution is 6.00. The highest BCUT2D eigenvalue weighted by Gasteiger charge is 2.34. The number of fused-ring (bicyclic) bond motifs is 4. The summed E-state index contributed by atoms with van der Waals surface area (Å²) in [5.74, 6) is 1.59. The number of hydrogen-bond acceptors (Lipinski definition) is 0. The molecule has 2 atom stereocenters. The fraction of sp³-hybridized carbons (Fsp3) is 0.130. The van der Waals surface area contributed by atoms with E-state index in [1.165, 1.54) is 38.4 Å². The average molecular weight is 294 g/mol. The van der Waals surface area contributed by atoms with Crippen LogP contribution in [0.2, 0.25) is 0 Å². The lowest BCUT2D eigenvalue weighted by atomic mass is 9.96. The minimum atomic E-state index is 0.794. The molecule has 0 radical (unpaired) electrons. The second-order valence-corrected chi connectivity index (χ2v) is 6.81. The molecule has 3 aromatic carbocycles. The van der Waals surface area contributed by atoms with Crippen molar-refractivity contribution in [1.82, 2.24) is 0 Å². The summed E-state index contributed by atoms with van der Waals surface area (Å²) in [6.45, 7) is 7.84. The van der Waals surface area contributed by atoms with Crippen molar-refractivity contribution >= 4 is 45.8 Å². The van der Waals surface area contributed by atoms with Gasteiger partial charge in [-0.25, -0.2) is 0 Å². The van der Waals surface area contributed by atoms with Crippen molar-refractivity contribution < 1.29 is 0 Å². The number of benzene rings is 3. The molecule has 0 N–H and O–H groups in total. The zero-order chi connectivity index (χ0) is 15.6. The Balaban J connectivity index is 1.86. The van der Waals surface area contributed by atoms with Crippen LogP contribution < -0.4 is 10.4 Å². The minimum absolute atomic E-state index is 0.794. The summed E-state index contributed by atoms with van der Waals surface area (Å²) in [7, 11) is 0. The molecular weight excluding hydrogens is 276 g/mol. The molecule has 2 aliphatic rings. The van der Waals surface area contributed by atoms with Gasteiger partial charge in [0.05, 0.1) is 0 Å². The molecule has 0 bridgehead atoms. The van der Waals surface area contributed by atoms with E-state index in [1.807, 2.05) is 12.2 Å². The van der Waals surface area contributed by atoms with E-state index < -0.39 is 0 Å². The van der Waals surface area contributed by atoms with Crippen LogP contribution in [0, 0.1) is 11.8 Å².